The van der Waals surface area contributed by atoms with Crippen LogP contribution in [0.2, 0.25) is 0 Å². The molecule has 0 aliphatic carbocycles. The Balaban J connectivity index is 2.80. The van der Waals surface area contributed by atoms with Crippen molar-refractivity contribution in [3.63, 3.8) is 0 Å². The van der Waals surface area contributed by atoms with E-state index in [9.17, 15) is 0 Å². The van der Waals surface area contributed by atoms with E-state index in [0.717, 1.165) is 28.0 Å². The highest BCUT2D eigenvalue weighted by molar-refractivity contribution is 5.88. The first-order valence-electron chi connectivity index (χ1n) is 4.46. The molecule has 0 amide bonds. The molecule has 1 aromatic heterocycles. The van der Waals surface area contributed by atoms with E-state index in [1.54, 1.807) is 14.2 Å². The van der Waals surface area contributed by atoms with E-state index >= 15 is 0 Å². The molecular formula is C11H13NO2. The summed E-state index contributed by atoms with van der Waals surface area (Å²) in [6.45, 7) is 1.98. The molecule has 0 bridgehead atoms. The van der Waals surface area contributed by atoms with Crippen molar-refractivity contribution in [1.29, 1.82) is 0 Å². The zero-order valence-corrected chi connectivity index (χ0v) is 8.55. The lowest BCUT2D eigenvalue weighted by molar-refractivity contribution is 0.392. The minimum atomic E-state index is 0.851. The SMILES string of the molecule is COc1cc2cc[nH]c2c(OC)c1C. The maximum Gasteiger partial charge on any atom is 0.149 e. The molecule has 3 nitrogen and oxygen atoms in total. The molecule has 2 aromatic rings. The lowest BCUT2D eigenvalue weighted by Crippen LogP contribution is -1.93. The molecule has 0 unspecified atom stereocenters. The summed E-state index contributed by atoms with van der Waals surface area (Å²) in [4.78, 5) is 3.15. The van der Waals surface area contributed by atoms with Gasteiger partial charge < -0.3 is 14.5 Å². The molecule has 0 aliphatic rings. The summed E-state index contributed by atoms with van der Waals surface area (Å²) >= 11 is 0. The van der Waals surface area contributed by atoms with Gasteiger partial charge in [-0.1, -0.05) is 0 Å². The van der Waals surface area contributed by atoms with Gasteiger partial charge >= 0.3 is 0 Å². The first kappa shape index (κ1) is 8.94. The number of aromatic nitrogens is 1. The summed E-state index contributed by atoms with van der Waals surface area (Å²) in [5, 5.41) is 1.10. The molecule has 0 saturated carbocycles. The van der Waals surface area contributed by atoms with Gasteiger partial charge in [-0.05, 0) is 19.1 Å². The molecule has 0 spiro atoms. The van der Waals surface area contributed by atoms with Crippen LogP contribution in [-0.2, 0) is 0 Å². The monoisotopic (exact) mass is 191 g/mol. The Morgan fingerprint density at radius 3 is 2.64 bits per heavy atom. The molecule has 0 radical (unpaired) electrons. The van der Waals surface area contributed by atoms with Crippen molar-refractivity contribution in [1.82, 2.24) is 4.98 Å². The quantitative estimate of drug-likeness (QED) is 0.791. The number of fused-ring (bicyclic) bond motifs is 1. The van der Waals surface area contributed by atoms with Gasteiger partial charge in [-0.2, -0.15) is 0 Å². The number of rotatable bonds is 2. The Labute approximate surface area is 82.6 Å². The third kappa shape index (κ3) is 1.13. The van der Waals surface area contributed by atoms with Gasteiger partial charge in [-0.3, -0.25) is 0 Å². The average Bonchev–Trinajstić information content (AvgIpc) is 2.64. The van der Waals surface area contributed by atoms with Gasteiger partial charge in [0.2, 0.25) is 0 Å². The van der Waals surface area contributed by atoms with Crippen molar-refractivity contribution < 1.29 is 9.47 Å². The zero-order chi connectivity index (χ0) is 10.1. The molecule has 2 rings (SSSR count). The molecule has 0 fully saturated rings. The second kappa shape index (κ2) is 3.25. The van der Waals surface area contributed by atoms with E-state index in [0.29, 0.717) is 0 Å². The van der Waals surface area contributed by atoms with Crippen LogP contribution in [0, 0.1) is 6.92 Å². The third-order valence-corrected chi connectivity index (χ3v) is 2.43. The molecule has 0 aliphatic heterocycles. The van der Waals surface area contributed by atoms with Crippen LogP contribution in [0.3, 0.4) is 0 Å². The average molecular weight is 191 g/mol. The molecule has 0 atom stereocenters. The smallest absolute Gasteiger partial charge is 0.149 e. The number of H-pyrrole nitrogens is 1. The summed E-state index contributed by atoms with van der Waals surface area (Å²) in [6, 6.07) is 4.00. The molecule has 1 heterocycles. The van der Waals surface area contributed by atoms with Crippen LogP contribution in [0.15, 0.2) is 18.3 Å². The molecule has 14 heavy (non-hydrogen) atoms. The number of hydrogen-bond acceptors (Lipinski definition) is 2. The molecule has 0 saturated heterocycles. The Bertz CT molecular complexity index is 460. The Kier molecular flexibility index (Phi) is 2.08. The highest BCUT2D eigenvalue weighted by Crippen LogP contribution is 2.35. The van der Waals surface area contributed by atoms with E-state index in [-0.39, 0.29) is 0 Å². The van der Waals surface area contributed by atoms with Gasteiger partial charge in [-0.15, -0.1) is 0 Å². The summed E-state index contributed by atoms with van der Waals surface area (Å²) in [7, 11) is 3.34. The fourth-order valence-electron chi connectivity index (χ4n) is 1.71. The molecular weight excluding hydrogens is 178 g/mol. The van der Waals surface area contributed by atoms with Crippen molar-refractivity contribution in [2.75, 3.05) is 14.2 Å². The normalized spacial score (nSPS) is 10.5. The predicted octanol–water partition coefficient (Wildman–Crippen LogP) is 2.49. The summed E-state index contributed by atoms with van der Waals surface area (Å²) < 4.78 is 10.6. The predicted molar refractivity (Wildman–Crippen MR) is 56.1 cm³/mol. The number of hydrogen-bond donors (Lipinski definition) is 1. The van der Waals surface area contributed by atoms with E-state index in [1.807, 2.05) is 25.3 Å². The van der Waals surface area contributed by atoms with Crippen molar-refractivity contribution >= 4 is 10.9 Å². The number of ether oxygens (including phenoxy) is 2. The van der Waals surface area contributed by atoms with Gasteiger partial charge in [0.1, 0.15) is 11.5 Å². The van der Waals surface area contributed by atoms with Crippen molar-refractivity contribution in [3.8, 4) is 11.5 Å². The highest BCUT2D eigenvalue weighted by atomic mass is 16.5. The maximum absolute atomic E-state index is 5.35. The standard InChI is InChI=1S/C11H13NO2/c1-7-9(13-2)6-8-4-5-12-10(8)11(7)14-3/h4-6,12H,1-3H3. The van der Waals surface area contributed by atoms with Gasteiger partial charge in [0.05, 0.1) is 19.7 Å². The highest BCUT2D eigenvalue weighted by Gasteiger charge is 2.11. The summed E-state index contributed by atoms with van der Waals surface area (Å²) in [5.74, 6) is 1.71. The van der Waals surface area contributed by atoms with Crippen molar-refractivity contribution in [2.45, 2.75) is 6.92 Å². The van der Waals surface area contributed by atoms with E-state index in [2.05, 4.69) is 4.98 Å². The van der Waals surface area contributed by atoms with Crippen LogP contribution in [0.25, 0.3) is 10.9 Å². The van der Waals surface area contributed by atoms with Crippen LogP contribution in [-0.4, -0.2) is 19.2 Å². The van der Waals surface area contributed by atoms with E-state index in [4.69, 9.17) is 9.47 Å². The van der Waals surface area contributed by atoms with Crippen LogP contribution >= 0.6 is 0 Å². The van der Waals surface area contributed by atoms with Crippen LogP contribution < -0.4 is 9.47 Å². The number of nitrogens with one attached hydrogen (secondary N) is 1. The lowest BCUT2D eigenvalue weighted by Gasteiger charge is -2.10. The second-order valence-corrected chi connectivity index (χ2v) is 3.18. The minimum absolute atomic E-state index is 0.851. The number of benzene rings is 1. The van der Waals surface area contributed by atoms with Gasteiger partial charge in [-0.25, -0.2) is 0 Å². The first-order valence-corrected chi connectivity index (χ1v) is 4.46. The molecule has 1 aromatic carbocycles. The minimum Gasteiger partial charge on any atom is -0.496 e. The second-order valence-electron chi connectivity index (χ2n) is 3.18. The Morgan fingerprint density at radius 2 is 2.00 bits per heavy atom. The molecule has 1 N–H and O–H groups in total. The van der Waals surface area contributed by atoms with Gasteiger partial charge in [0, 0.05) is 17.1 Å². The Morgan fingerprint density at radius 1 is 1.21 bits per heavy atom. The largest absolute Gasteiger partial charge is 0.496 e. The maximum atomic E-state index is 5.35. The lowest BCUT2D eigenvalue weighted by atomic mass is 10.1. The molecule has 3 heteroatoms. The fraction of sp³-hybridized carbons (Fsp3) is 0.273. The van der Waals surface area contributed by atoms with Crippen LogP contribution in [0.5, 0.6) is 11.5 Å². The van der Waals surface area contributed by atoms with E-state index < -0.39 is 0 Å². The molecule has 74 valence electrons. The number of methoxy groups -OCH3 is 2. The van der Waals surface area contributed by atoms with Gasteiger partial charge in [0.15, 0.2) is 0 Å². The summed E-state index contributed by atoms with van der Waals surface area (Å²) in [6.07, 6.45) is 1.89. The Hall–Kier alpha value is -1.64. The van der Waals surface area contributed by atoms with Crippen LogP contribution in [0.4, 0.5) is 0 Å². The van der Waals surface area contributed by atoms with Crippen molar-refractivity contribution in [2.24, 2.45) is 0 Å². The number of aromatic amines is 1. The zero-order valence-electron chi connectivity index (χ0n) is 8.55. The fourth-order valence-corrected chi connectivity index (χ4v) is 1.71. The van der Waals surface area contributed by atoms with Gasteiger partial charge in [0.25, 0.3) is 0 Å². The third-order valence-electron chi connectivity index (χ3n) is 2.43. The first-order chi connectivity index (χ1) is 6.77. The van der Waals surface area contributed by atoms with Crippen molar-refractivity contribution in [3.05, 3.63) is 23.9 Å². The van der Waals surface area contributed by atoms with Crippen LogP contribution in [0.1, 0.15) is 5.56 Å². The topological polar surface area (TPSA) is 34.2 Å². The summed E-state index contributed by atoms with van der Waals surface area (Å²) in [5.41, 5.74) is 2.04. The van der Waals surface area contributed by atoms with E-state index in [1.165, 1.54) is 0 Å².